The van der Waals surface area contributed by atoms with E-state index in [2.05, 4.69) is 4.90 Å². The van der Waals surface area contributed by atoms with Gasteiger partial charge in [-0.25, -0.2) is 4.73 Å². The van der Waals surface area contributed by atoms with Crippen LogP contribution in [-0.4, -0.2) is 13.1 Å². The van der Waals surface area contributed by atoms with E-state index in [1.165, 1.54) is 19.3 Å². The lowest BCUT2D eigenvalue weighted by Gasteiger charge is -2.23. The van der Waals surface area contributed by atoms with Crippen LogP contribution in [0.25, 0.3) is 0 Å². The molecule has 0 N–H and O–H groups in total. The van der Waals surface area contributed by atoms with Gasteiger partial charge in [-0.3, -0.25) is 4.90 Å². The summed E-state index contributed by atoms with van der Waals surface area (Å²) in [7, 11) is 0. The number of hydrogen-bond donors (Lipinski definition) is 0. The number of anilines is 1. The highest BCUT2D eigenvalue weighted by Crippen LogP contribution is 2.14. The molecule has 3 heteroatoms. The van der Waals surface area contributed by atoms with Gasteiger partial charge in [0.2, 0.25) is 0 Å². The van der Waals surface area contributed by atoms with Crippen LogP contribution in [-0.2, 0) is 0 Å². The molecule has 2 rings (SSSR count). The summed E-state index contributed by atoms with van der Waals surface area (Å²) in [6.07, 6.45) is 5.26. The summed E-state index contributed by atoms with van der Waals surface area (Å²) in [5.41, 5.74) is 0. The van der Waals surface area contributed by atoms with Gasteiger partial charge in [-0.2, -0.15) is 0 Å². The van der Waals surface area contributed by atoms with Crippen LogP contribution in [0.2, 0.25) is 0 Å². The van der Waals surface area contributed by atoms with Crippen molar-refractivity contribution < 1.29 is 4.73 Å². The third-order valence-electron chi connectivity index (χ3n) is 2.48. The van der Waals surface area contributed by atoms with E-state index in [9.17, 15) is 5.21 Å². The zero-order valence-electron chi connectivity index (χ0n) is 7.65. The first kappa shape index (κ1) is 8.35. The topological polar surface area (TPSA) is 30.2 Å². The molecule has 0 spiro atoms. The maximum absolute atomic E-state index is 11.4. The molecule has 1 aromatic rings. The monoisotopic (exact) mass is 178 g/mol. The standard InChI is InChI=1S/C10H14N2O/c13-12-9-5-2-6-10(12)11-7-3-1-4-8-11/h2,5-6,9H,1,3-4,7-8H2. The normalized spacial score (nSPS) is 17.4. The van der Waals surface area contributed by atoms with Crippen molar-refractivity contribution in [3.05, 3.63) is 29.6 Å². The number of nitrogens with zero attached hydrogens (tertiary/aromatic N) is 2. The molecule has 0 bridgehead atoms. The molecule has 1 aliphatic rings. The van der Waals surface area contributed by atoms with Crippen LogP contribution in [0.5, 0.6) is 0 Å². The fourth-order valence-corrected chi connectivity index (χ4v) is 1.79. The molecule has 1 aromatic heterocycles. The van der Waals surface area contributed by atoms with Gasteiger partial charge in [-0.1, -0.05) is 6.07 Å². The molecule has 0 radical (unpaired) electrons. The van der Waals surface area contributed by atoms with Gasteiger partial charge in [0, 0.05) is 6.07 Å². The van der Waals surface area contributed by atoms with Crippen LogP contribution in [0, 0.1) is 5.21 Å². The average molecular weight is 178 g/mol. The Morgan fingerprint density at radius 1 is 1.15 bits per heavy atom. The van der Waals surface area contributed by atoms with Crippen molar-refractivity contribution in [2.24, 2.45) is 0 Å². The van der Waals surface area contributed by atoms with E-state index in [0.717, 1.165) is 23.6 Å². The van der Waals surface area contributed by atoms with Crippen LogP contribution in [0.1, 0.15) is 19.3 Å². The first-order valence-electron chi connectivity index (χ1n) is 4.81. The van der Waals surface area contributed by atoms with Crippen LogP contribution in [0.3, 0.4) is 0 Å². The van der Waals surface area contributed by atoms with Crippen molar-refractivity contribution in [1.82, 2.24) is 0 Å². The van der Waals surface area contributed by atoms with Crippen molar-refractivity contribution in [2.75, 3.05) is 18.0 Å². The predicted octanol–water partition coefficient (Wildman–Crippen LogP) is 1.31. The minimum atomic E-state index is 0.794. The Morgan fingerprint density at radius 3 is 2.62 bits per heavy atom. The third kappa shape index (κ3) is 1.74. The van der Waals surface area contributed by atoms with Crippen molar-refractivity contribution in [3.63, 3.8) is 0 Å². The van der Waals surface area contributed by atoms with Gasteiger partial charge in [0.25, 0.3) is 5.82 Å². The zero-order chi connectivity index (χ0) is 9.10. The Hall–Kier alpha value is -1.25. The Labute approximate surface area is 78.2 Å². The molecule has 0 saturated carbocycles. The zero-order valence-corrected chi connectivity index (χ0v) is 7.65. The minimum Gasteiger partial charge on any atom is -0.711 e. The molecular formula is C10H14N2O. The van der Waals surface area contributed by atoms with E-state index in [4.69, 9.17) is 0 Å². The highest BCUT2D eigenvalue weighted by Gasteiger charge is 2.18. The van der Waals surface area contributed by atoms with Crippen molar-refractivity contribution in [2.45, 2.75) is 19.3 Å². The molecule has 0 amide bonds. The van der Waals surface area contributed by atoms with Gasteiger partial charge in [0.05, 0.1) is 19.3 Å². The highest BCUT2D eigenvalue weighted by atomic mass is 16.5. The molecular weight excluding hydrogens is 164 g/mol. The fraction of sp³-hybridized carbons (Fsp3) is 0.500. The first-order chi connectivity index (χ1) is 6.38. The van der Waals surface area contributed by atoms with Crippen LogP contribution in [0.4, 0.5) is 5.82 Å². The van der Waals surface area contributed by atoms with Crippen molar-refractivity contribution in [3.8, 4) is 0 Å². The molecule has 0 aromatic carbocycles. The summed E-state index contributed by atoms with van der Waals surface area (Å²) in [4.78, 5) is 2.16. The van der Waals surface area contributed by atoms with Gasteiger partial charge < -0.3 is 5.21 Å². The van der Waals surface area contributed by atoms with Gasteiger partial charge >= 0.3 is 0 Å². The summed E-state index contributed by atoms with van der Waals surface area (Å²) in [6, 6.07) is 5.57. The van der Waals surface area contributed by atoms with Crippen LogP contribution in [0.15, 0.2) is 24.4 Å². The SMILES string of the molecule is [O-][n+]1ccccc1N1CCCCC1. The quantitative estimate of drug-likeness (QED) is 0.479. The lowest BCUT2D eigenvalue weighted by molar-refractivity contribution is -0.592. The smallest absolute Gasteiger partial charge is 0.279 e. The molecule has 13 heavy (non-hydrogen) atoms. The Kier molecular flexibility index (Phi) is 2.34. The highest BCUT2D eigenvalue weighted by molar-refractivity contribution is 5.32. The average Bonchev–Trinajstić information content (AvgIpc) is 2.20. The van der Waals surface area contributed by atoms with Gasteiger partial charge in [0.1, 0.15) is 0 Å². The van der Waals surface area contributed by atoms with E-state index in [1.807, 2.05) is 12.1 Å². The van der Waals surface area contributed by atoms with E-state index in [0.29, 0.717) is 0 Å². The first-order valence-corrected chi connectivity index (χ1v) is 4.81. The van der Waals surface area contributed by atoms with Crippen molar-refractivity contribution >= 4 is 5.82 Å². The van der Waals surface area contributed by atoms with E-state index < -0.39 is 0 Å². The van der Waals surface area contributed by atoms with Gasteiger partial charge in [-0.15, -0.1) is 0 Å². The number of piperidine rings is 1. The van der Waals surface area contributed by atoms with E-state index >= 15 is 0 Å². The minimum absolute atomic E-state index is 0.794. The molecule has 0 unspecified atom stereocenters. The summed E-state index contributed by atoms with van der Waals surface area (Å²) < 4.78 is 0.950. The number of pyridine rings is 1. The Bertz CT molecular complexity index is 282. The maximum atomic E-state index is 11.4. The fourth-order valence-electron chi connectivity index (χ4n) is 1.79. The van der Waals surface area contributed by atoms with Crippen LogP contribution >= 0.6 is 0 Å². The molecule has 1 aliphatic heterocycles. The molecule has 0 atom stereocenters. The molecule has 70 valence electrons. The molecule has 2 heterocycles. The second-order valence-electron chi connectivity index (χ2n) is 3.43. The lowest BCUT2D eigenvalue weighted by Crippen LogP contribution is -2.40. The molecule has 1 saturated heterocycles. The summed E-state index contributed by atoms with van der Waals surface area (Å²) in [6.45, 7) is 2.04. The summed E-state index contributed by atoms with van der Waals surface area (Å²) in [5.74, 6) is 0.794. The second kappa shape index (κ2) is 3.64. The Balaban J connectivity index is 2.18. The molecule has 3 nitrogen and oxygen atoms in total. The van der Waals surface area contributed by atoms with Crippen LogP contribution < -0.4 is 9.63 Å². The van der Waals surface area contributed by atoms with E-state index in [-0.39, 0.29) is 0 Å². The lowest BCUT2D eigenvalue weighted by atomic mass is 10.1. The van der Waals surface area contributed by atoms with E-state index in [1.54, 1.807) is 12.3 Å². The summed E-state index contributed by atoms with van der Waals surface area (Å²) in [5, 5.41) is 11.4. The number of hydrogen-bond acceptors (Lipinski definition) is 2. The predicted molar refractivity (Wildman–Crippen MR) is 51.5 cm³/mol. The summed E-state index contributed by atoms with van der Waals surface area (Å²) >= 11 is 0. The third-order valence-corrected chi connectivity index (χ3v) is 2.48. The van der Waals surface area contributed by atoms with Gasteiger partial charge in [0.15, 0.2) is 0 Å². The molecule has 1 fully saturated rings. The molecule has 0 aliphatic carbocycles. The van der Waals surface area contributed by atoms with Gasteiger partial charge in [-0.05, 0) is 25.3 Å². The largest absolute Gasteiger partial charge is 0.711 e. The number of rotatable bonds is 1. The number of aromatic nitrogens is 1. The second-order valence-corrected chi connectivity index (χ2v) is 3.43. The van der Waals surface area contributed by atoms with Crippen molar-refractivity contribution in [1.29, 1.82) is 0 Å². The Morgan fingerprint density at radius 2 is 1.92 bits per heavy atom. The maximum Gasteiger partial charge on any atom is 0.279 e.